The third-order valence-electron chi connectivity index (χ3n) is 3.54. The van der Waals surface area contributed by atoms with E-state index in [9.17, 15) is 4.79 Å². The summed E-state index contributed by atoms with van der Waals surface area (Å²) in [6.07, 6.45) is 1.13. The molecule has 0 saturated carbocycles. The van der Waals surface area contributed by atoms with Crippen LogP contribution in [0.5, 0.6) is 0 Å². The number of carbonyl (C=O) groups is 1. The molecule has 2 heterocycles. The van der Waals surface area contributed by atoms with E-state index < -0.39 is 0 Å². The quantitative estimate of drug-likeness (QED) is 0.805. The predicted molar refractivity (Wildman–Crippen MR) is 76.6 cm³/mol. The fraction of sp³-hybridized carbons (Fsp3) is 0.357. The molecule has 1 saturated heterocycles. The average Bonchev–Trinajstić information content (AvgIpc) is 3.04. The molecule has 1 aromatic carbocycles. The molecule has 3 N–H and O–H groups in total. The molecule has 1 aliphatic heterocycles. The minimum atomic E-state index is -0.0563. The molecule has 2 aromatic rings. The van der Waals surface area contributed by atoms with Crippen LogP contribution < -0.4 is 10.6 Å². The maximum atomic E-state index is 12.1. The molecule has 0 aliphatic carbocycles. The van der Waals surface area contributed by atoms with Gasteiger partial charge in [0, 0.05) is 22.5 Å². The van der Waals surface area contributed by atoms with Crippen molar-refractivity contribution in [3.63, 3.8) is 0 Å². The Labute approximate surface area is 116 Å². The van der Waals surface area contributed by atoms with Crippen molar-refractivity contribution in [2.24, 2.45) is 5.92 Å². The SMILES string of the molecule is O=C(NC[C@H]1CCNC1)c1cc2cc(Cl)ccc2[nH]1. The van der Waals surface area contributed by atoms with Crippen molar-refractivity contribution in [2.75, 3.05) is 19.6 Å². The van der Waals surface area contributed by atoms with Gasteiger partial charge in [0.15, 0.2) is 0 Å². The number of benzene rings is 1. The Morgan fingerprint density at radius 1 is 1.42 bits per heavy atom. The van der Waals surface area contributed by atoms with Gasteiger partial charge in [0.25, 0.3) is 5.91 Å². The van der Waals surface area contributed by atoms with Crippen LogP contribution in [0.2, 0.25) is 5.02 Å². The number of H-pyrrole nitrogens is 1. The molecule has 1 fully saturated rings. The Hall–Kier alpha value is -1.52. The number of nitrogens with one attached hydrogen (secondary N) is 3. The van der Waals surface area contributed by atoms with E-state index in [4.69, 9.17) is 11.6 Å². The fourth-order valence-corrected chi connectivity index (χ4v) is 2.63. The van der Waals surface area contributed by atoms with Crippen LogP contribution in [-0.4, -0.2) is 30.5 Å². The maximum Gasteiger partial charge on any atom is 0.267 e. The lowest BCUT2D eigenvalue weighted by molar-refractivity contribution is 0.0944. The maximum absolute atomic E-state index is 12.1. The smallest absolute Gasteiger partial charge is 0.267 e. The van der Waals surface area contributed by atoms with Gasteiger partial charge in [-0.2, -0.15) is 0 Å². The Kier molecular flexibility index (Phi) is 3.44. The molecule has 1 amide bonds. The van der Waals surface area contributed by atoms with Crippen LogP contribution >= 0.6 is 11.6 Å². The molecular weight excluding hydrogens is 262 g/mol. The van der Waals surface area contributed by atoms with Gasteiger partial charge in [-0.25, -0.2) is 0 Å². The summed E-state index contributed by atoms with van der Waals surface area (Å²) >= 11 is 5.93. The molecule has 3 rings (SSSR count). The van der Waals surface area contributed by atoms with Crippen molar-refractivity contribution in [2.45, 2.75) is 6.42 Å². The number of rotatable bonds is 3. The highest BCUT2D eigenvalue weighted by Gasteiger charge is 2.16. The third-order valence-corrected chi connectivity index (χ3v) is 3.78. The van der Waals surface area contributed by atoms with E-state index in [1.165, 1.54) is 0 Å². The summed E-state index contributed by atoms with van der Waals surface area (Å²) in [5.74, 6) is 0.488. The molecule has 1 aromatic heterocycles. The first kappa shape index (κ1) is 12.5. The van der Waals surface area contributed by atoms with Crippen LogP contribution in [0.15, 0.2) is 24.3 Å². The number of aromatic amines is 1. The van der Waals surface area contributed by atoms with Crippen LogP contribution in [0.1, 0.15) is 16.9 Å². The first-order valence-electron chi connectivity index (χ1n) is 6.49. The van der Waals surface area contributed by atoms with E-state index in [1.807, 2.05) is 24.3 Å². The monoisotopic (exact) mass is 277 g/mol. The van der Waals surface area contributed by atoms with E-state index in [1.54, 1.807) is 0 Å². The average molecular weight is 278 g/mol. The van der Waals surface area contributed by atoms with Crippen molar-refractivity contribution < 1.29 is 4.79 Å². The highest BCUT2D eigenvalue weighted by atomic mass is 35.5. The lowest BCUT2D eigenvalue weighted by Crippen LogP contribution is -2.30. The van der Waals surface area contributed by atoms with Crippen LogP contribution in [0, 0.1) is 5.92 Å². The summed E-state index contributed by atoms with van der Waals surface area (Å²) < 4.78 is 0. The summed E-state index contributed by atoms with van der Waals surface area (Å²) in [5, 5.41) is 7.90. The van der Waals surface area contributed by atoms with Crippen LogP contribution in [-0.2, 0) is 0 Å². The van der Waals surface area contributed by atoms with E-state index in [2.05, 4.69) is 15.6 Å². The third kappa shape index (κ3) is 2.74. The number of hydrogen-bond donors (Lipinski definition) is 3. The van der Waals surface area contributed by atoms with Crippen molar-refractivity contribution >= 4 is 28.4 Å². The molecule has 1 aliphatic rings. The molecular formula is C14H16ClN3O. The zero-order valence-corrected chi connectivity index (χ0v) is 11.3. The Morgan fingerprint density at radius 2 is 2.32 bits per heavy atom. The number of hydrogen-bond acceptors (Lipinski definition) is 2. The molecule has 1 atom stereocenters. The largest absolute Gasteiger partial charge is 0.351 e. The summed E-state index contributed by atoms with van der Waals surface area (Å²) in [7, 11) is 0. The van der Waals surface area contributed by atoms with Gasteiger partial charge in [0.2, 0.25) is 0 Å². The van der Waals surface area contributed by atoms with Gasteiger partial charge in [0.05, 0.1) is 0 Å². The molecule has 100 valence electrons. The summed E-state index contributed by atoms with van der Waals surface area (Å²) in [5.41, 5.74) is 1.51. The second kappa shape index (κ2) is 5.23. The highest BCUT2D eigenvalue weighted by molar-refractivity contribution is 6.31. The number of fused-ring (bicyclic) bond motifs is 1. The number of aromatic nitrogens is 1. The number of carbonyl (C=O) groups excluding carboxylic acids is 1. The van der Waals surface area contributed by atoms with Crippen LogP contribution in [0.25, 0.3) is 10.9 Å². The van der Waals surface area contributed by atoms with Crippen molar-refractivity contribution in [3.05, 3.63) is 35.0 Å². The van der Waals surface area contributed by atoms with E-state index in [0.29, 0.717) is 16.6 Å². The number of halogens is 1. The van der Waals surface area contributed by atoms with E-state index in [-0.39, 0.29) is 5.91 Å². The zero-order valence-electron chi connectivity index (χ0n) is 10.5. The van der Waals surface area contributed by atoms with Gasteiger partial charge >= 0.3 is 0 Å². The second-order valence-electron chi connectivity index (χ2n) is 4.98. The first-order chi connectivity index (χ1) is 9.22. The van der Waals surface area contributed by atoms with Gasteiger partial charge in [-0.05, 0) is 49.7 Å². The summed E-state index contributed by atoms with van der Waals surface area (Å²) in [6.45, 7) is 2.76. The van der Waals surface area contributed by atoms with Gasteiger partial charge in [-0.15, -0.1) is 0 Å². The number of amides is 1. The predicted octanol–water partition coefficient (Wildman–Crippen LogP) is 2.16. The molecule has 0 bridgehead atoms. The Balaban J connectivity index is 1.70. The summed E-state index contributed by atoms with van der Waals surface area (Å²) in [6, 6.07) is 7.39. The summed E-state index contributed by atoms with van der Waals surface area (Å²) in [4.78, 5) is 15.2. The molecule has 5 heteroatoms. The van der Waals surface area contributed by atoms with Crippen LogP contribution in [0.4, 0.5) is 0 Å². The highest BCUT2D eigenvalue weighted by Crippen LogP contribution is 2.20. The first-order valence-corrected chi connectivity index (χ1v) is 6.87. The van der Waals surface area contributed by atoms with Crippen molar-refractivity contribution in [1.29, 1.82) is 0 Å². The van der Waals surface area contributed by atoms with Crippen molar-refractivity contribution in [3.8, 4) is 0 Å². The second-order valence-corrected chi connectivity index (χ2v) is 5.42. The molecule has 0 spiro atoms. The topological polar surface area (TPSA) is 56.9 Å². The minimum Gasteiger partial charge on any atom is -0.351 e. The zero-order chi connectivity index (χ0) is 13.2. The van der Waals surface area contributed by atoms with Gasteiger partial charge < -0.3 is 15.6 Å². The van der Waals surface area contributed by atoms with Gasteiger partial charge in [-0.1, -0.05) is 11.6 Å². The van der Waals surface area contributed by atoms with Gasteiger partial charge in [-0.3, -0.25) is 4.79 Å². The lowest BCUT2D eigenvalue weighted by atomic mass is 10.1. The Morgan fingerprint density at radius 3 is 3.11 bits per heavy atom. The van der Waals surface area contributed by atoms with Crippen molar-refractivity contribution in [1.82, 2.24) is 15.6 Å². The van der Waals surface area contributed by atoms with E-state index in [0.717, 1.165) is 37.0 Å². The van der Waals surface area contributed by atoms with Gasteiger partial charge in [0.1, 0.15) is 5.69 Å². The van der Waals surface area contributed by atoms with Crippen LogP contribution in [0.3, 0.4) is 0 Å². The molecule has 0 unspecified atom stereocenters. The fourth-order valence-electron chi connectivity index (χ4n) is 2.45. The van der Waals surface area contributed by atoms with E-state index >= 15 is 0 Å². The molecule has 4 nitrogen and oxygen atoms in total. The lowest BCUT2D eigenvalue weighted by Gasteiger charge is -2.08. The molecule has 19 heavy (non-hydrogen) atoms. The normalized spacial score (nSPS) is 18.9. The minimum absolute atomic E-state index is 0.0563. The molecule has 0 radical (unpaired) electrons. The Bertz CT molecular complexity index is 602. The standard InChI is InChI=1S/C14H16ClN3O/c15-11-1-2-12-10(5-11)6-13(18-12)14(19)17-8-9-3-4-16-7-9/h1-2,5-6,9,16,18H,3-4,7-8H2,(H,17,19)/t9-/m0/s1.